The largest absolute Gasteiger partial charge is 0.466 e. The molecule has 25 heavy (non-hydrogen) atoms. The van der Waals surface area contributed by atoms with Gasteiger partial charge in [-0.2, -0.15) is 17.5 Å². The third-order valence-electron chi connectivity index (χ3n) is 3.82. The number of ether oxygens (including phenoxy) is 1. The average molecular weight is 393 g/mol. The van der Waals surface area contributed by atoms with Gasteiger partial charge in [0, 0.05) is 13.1 Å². The SMILES string of the molecule is O=S(=O)(c1ccccc1C(F)(F)F)N1CCC(Oc2nncs2)CC1. The molecule has 0 radical (unpaired) electrons. The smallest absolute Gasteiger partial charge is 0.417 e. The van der Waals surface area contributed by atoms with Crippen molar-refractivity contribution in [3.63, 3.8) is 0 Å². The summed E-state index contributed by atoms with van der Waals surface area (Å²) in [6.45, 7) is 0.163. The second-order valence-electron chi connectivity index (χ2n) is 5.42. The predicted octanol–water partition coefficient (Wildman–Crippen LogP) is 2.79. The lowest BCUT2D eigenvalue weighted by atomic mass is 10.1. The van der Waals surface area contributed by atoms with Crippen LogP contribution >= 0.6 is 11.3 Å². The summed E-state index contributed by atoms with van der Waals surface area (Å²) in [6.07, 6.45) is -4.24. The first-order valence-electron chi connectivity index (χ1n) is 7.37. The van der Waals surface area contributed by atoms with Crippen LogP contribution in [0.1, 0.15) is 18.4 Å². The van der Waals surface area contributed by atoms with Gasteiger partial charge in [0.25, 0.3) is 5.19 Å². The molecule has 0 unspecified atom stereocenters. The zero-order valence-corrected chi connectivity index (χ0v) is 14.4. The summed E-state index contributed by atoms with van der Waals surface area (Å²) in [5, 5.41) is 7.79. The van der Waals surface area contributed by atoms with Gasteiger partial charge in [-0.05, 0) is 25.0 Å². The summed E-state index contributed by atoms with van der Waals surface area (Å²) in [6, 6.07) is 4.22. The molecule has 3 rings (SSSR count). The van der Waals surface area contributed by atoms with Crippen LogP contribution in [-0.2, 0) is 16.2 Å². The average Bonchev–Trinajstić information content (AvgIpc) is 3.07. The van der Waals surface area contributed by atoms with E-state index >= 15 is 0 Å². The minimum Gasteiger partial charge on any atom is -0.466 e. The zero-order chi connectivity index (χ0) is 18.1. The fourth-order valence-corrected chi connectivity index (χ4v) is 4.76. The van der Waals surface area contributed by atoms with Crippen LogP contribution in [0.15, 0.2) is 34.7 Å². The number of piperidine rings is 1. The summed E-state index contributed by atoms with van der Waals surface area (Å²) in [5.74, 6) is 0. The van der Waals surface area contributed by atoms with Crippen LogP contribution in [0, 0.1) is 0 Å². The van der Waals surface area contributed by atoms with E-state index in [2.05, 4.69) is 10.2 Å². The quantitative estimate of drug-likeness (QED) is 0.799. The maximum absolute atomic E-state index is 13.1. The molecule has 0 aliphatic carbocycles. The Morgan fingerprint density at radius 1 is 1.20 bits per heavy atom. The van der Waals surface area contributed by atoms with Crippen LogP contribution < -0.4 is 4.74 Å². The molecule has 11 heteroatoms. The Kier molecular flexibility index (Phi) is 4.98. The highest BCUT2D eigenvalue weighted by Crippen LogP contribution is 2.35. The van der Waals surface area contributed by atoms with E-state index in [9.17, 15) is 21.6 Å². The molecule has 1 fully saturated rings. The predicted molar refractivity (Wildman–Crippen MR) is 83.8 cm³/mol. The van der Waals surface area contributed by atoms with E-state index in [0.717, 1.165) is 16.4 Å². The van der Waals surface area contributed by atoms with Gasteiger partial charge in [-0.25, -0.2) is 8.42 Å². The first kappa shape index (κ1) is 18.1. The van der Waals surface area contributed by atoms with Crippen molar-refractivity contribution in [3.05, 3.63) is 35.3 Å². The molecule has 0 spiro atoms. The normalized spacial score (nSPS) is 17.6. The van der Waals surface area contributed by atoms with Crippen molar-refractivity contribution < 1.29 is 26.3 Å². The maximum atomic E-state index is 13.1. The Morgan fingerprint density at radius 2 is 1.88 bits per heavy atom. The van der Waals surface area contributed by atoms with E-state index in [-0.39, 0.29) is 19.2 Å². The first-order valence-corrected chi connectivity index (χ1v) is 9.69. The monoisotopic (exact) mass is 393 g/mol. The van der Waals surface area contributed by atoms with Crippen molar-refractivity contribution in [1.82, 2.24) is 14.5 Å². The van der Waals surface area contributed by atoms with Crippen molar-refractivity contribution >= 4 is 21.4 Å². The Hall–Kier alpha value is -1.72. The van der Waals surface area contributed by atoms with Gasteiger partial charge < -0.3 is 4.74 Å². The molecule has 1 aliphatic rings. The van der Waals surface area contributed by atoms with E-state index in [1.807, 2.05) is 0 Å². The van der Waals surface area contributed by atoms with Crippen molar-refractivity contribution in [1.29, 1.82) is 0 Å². The number of rotatable bonds is 4. The molecule has 0 N–H and O–H groups in total. The Balaban J connectivity index is 1.75. The van der Waals surface area contributed by atoms with Gasteiger partial charge in [-0.1, -0.05) is 23.5 Å². The fourth-order valence-electron chi connectivity index (χ4n) is 2.61. The van der Waals surface area contributed by atoms with Crippen molar-refractivity contribution in [3.8, 4) is 5.19 Å². The van der Waals surface area contributed by atoms with Gasteiger partial charge in [-0.15, -0.1) is 10.2 Å². The number of benzene rings is 1. The van der Waals surface area contributed by atoms with Gasteiger partial charge in [0.05, 0.1) is 10.5 Å². The minimum atomic E-state index is -4.73. The lowest BCUT2D eigenvalue weighted by Gasteiger charge is -2.31. The molecule has 136 valence electrons. The molecule has 0 atom stereocenters. The van der Waals surface area contributed by atoms with Gasteiger partial charge in [-0.3, -0.25) is 0 Å². The number of halogens is 3. The van der Waals surface area contributed by atoms with Crippen LogP contribution in [0.3, 0.4) is 0 Å². The number of nitrogens with zero attached hydrogens (tertiary/aromatic N) is 3. The van der Waals surface area contributed by atoms with E-state index in [1.54, 1.807) is 0 Å². The minimum absolute atomic E-state index is 0.0813. The molecule has 0 amide bonds. The van der Waals surface area contributed by atoms with Gasteiger partial charge in [0.1, 0.15) is 11.6 Å². The number of hydrogen-bond acceptors (Lipinski definition) is 6. The van der Waals surface area contributed by atoms with Crippen LogP contribution in [-0.4, -0.2) is 42.1 Å². The standard InChI is InChI=1S/C14H14F3N3O3S2/c15-14(16,17)11-3-1-2-4-12(11)25(21,22)20-7-5-10(6-8-20)23-13-19-18-9-24-13/h1-4,9-10H,5-8H2. The van der Waals surface area contributed by atoms with Crippen LogP contribution in [0.25, 0.3) is 0 Å². The molecule has 1 saturated heterocycles. The van der Waals surface area contributed by atoms with E-state index in [0.29, 0.717) is 18.0 Å². The summed E-state index contributed by atoms with van der Waals surface area (Å²) in [5.41, 5.74) is 0.366. The second kappa shape index (κ2) is 6.89. The maximum Gasteiger partial charge on any atom is 0.417 e. The van der Waals surface area contributed by atoms with E-state index in [4.69, 9.17) is 4.74 Å². The van der Waals surface area contributed by atoms with Crippen LogP contribution in [0.4, 0.5) is 13.2 Å². The van der Waals surface area contributed by atoms with Crippen LogP contribution in [0.2, 0.25) is 0 Å². The topological polar surface area (TPSA) is 72.4 Å². The number of aromatic nitrogens is 2. The first-order chi connectivity index (χ1) is 11.8. The zero-order valence-electron chi connectivity index (χ0n) is 12.8. The van der Waals surface area contributed by atoms with Gasteiger partial charge in [0.15, 0.2) is 0 Å². The number of hydrogen-bond donors (Lipinski definition) is 0. The van der Waals surface area contributed by atoms with Crippen molar-refractivity contribution in [2.75, 3.05) is 13.1 Å². The molecular weight excluding hydrogens is 379 g/mol. The lowest BCUT2D eigenvalue weighted by molar-refractivity contribution is -0.139. The summed E-state index contributed by atoms with van der Waals surface area (Å²) >= 11 is 1.22. The van der Waals surface area contributed by atoms with E-state index < -0.39 is 26.7 Å². The molecule has 1 aliphatic heterocycles. The molecule has 1 aromatic heterocycles. The Bertz CT molecular complexity index is 817. The molecule has 0 saturated carbocycles. The van der Waals surface area contributed by atoms with Crippen LogP contribution in [0.5, 0.6) is 5.19 Å². The summed E-state index contributed by atoms with van der Waals surface area (Å²) in [7, 11) is -4.23. The highest BCUT2D eigenvalue weighted by Gasteiger charge is 2.39. The lowest BCUT2D eigenvalue weighted by Crippen LogP contribution is -2.42. The summed E-state index contributed by atoms with van der Waals surface area (Å²) < 4.78 is 71.3. The van der Waals surface area contributed by atoms with Crippen molar-refractivity contribution in [2.24, 2.45) is 0 Å². The molecule has 0 bridgehead atoms. The molecular formula is C14H14F3N3O3S2. The number of sulfonamides is 1. The third kappa shape index (κ3) is 3.93. The molecule has 1 aromatic carbocycles. The Morgan fingerprint density at radius 3 is 2.48 bits per heavy atom. The molecule has 2 heterocycles. The fraction of sp³-hybridized carbons (Fsp3) is 0.429. The highest BCUT2D eigenvalue weighted by atomic mass is 32.2. The highest BCUT2D eigenvalue weighted by molar-refractivity contribution is 7.89. The van der Waals surface area contributed by atoms with E-state index in [1.165, 1.54) is 29.0 Å². The third-order valence-corrected chi connectivity index (χ3v) is 6.35. The molecule has 6 nitrogen and oxygen atoms in total. The van der Waals surface area contributed by atoms with Gasteiger partial charge >= 0.3 is 6.18 Å². The Labute approximate surface area is 146 Å². The number of alkyl halides is 3. The van der Waals surface area contributed by atoms with Gasteiger partial charge in [0.2, 0.25) is 10.0 Å². The summed E-state index contributed by atoms with van der Waals surface area (Å²) in [4.78, 5) is -0.717. The van der Waals surface area contributed by atoms with Crippen molar-refractivity contribution in [2.45, 2.75) is 30.0 Å². The second-order valence-corrected chi connectivity index (χ2v) is 8.12. The molecule has 2 aromatic rings.